The van der Waals surface area contributed by atoms with Crippen LogP contribution in [0.25, 0.3) is 0 Å². The molecule has 0 atom stereocenters. The number of nitrogens with one attached hydrogen (secondary N) is 2. The third kappa shape index (κ3) is 3.41. The largest absolute Gasteiger partial charge is 0.445 e. The van der Waals surface area contributed by atoms with Gasteiger partial charge in [-0.1, -0.05) is 0 Å². The number of hydrogen-bond acceptors (Lipinski definition) is 6. The third-order valence-corrected chi connectivity index (χ3v) is 4.68. The Morgan fingerprint density at radius 1 is 1.24 bits per heavy atom. The smallest absolute Gasteiger partial charge is 0.241 e. The summed E-state index contributed by atoms with van der Waals surface area (Å²) >= 11 is 0. The van der Waals surface area contributed by atoms with Crippen molar-refractivity contribution in [2.75, 3.05) is 5.43 Å². The van der Waals surface area contributed by atoms with Crippen LogP contribution >= 0.6 is 0 Å². The molecule has 2 aromatic rings. The molecule has 0 unspecified atom stereocenters. The lowest BCUT2D eigenvalue weighted by Crippen LogP contribution is -2.25. The van der Waals surface area contributed by atoms with E-state index in [4.69, 9.17) is 10.3 Å². The zero-order chi connectivity index (χ0) is 15.6. The number of sulfonamides is 1. The number of hydrazine groups is 1. The first-order valence-corrected chi connectivity index (χ1v) is 7.80. The van der Waals surface area contributed by atoms with Crippen LogP contribution in [0.4, 0.5) is 5.69 Å². The number of nitrogen functional groups attached to an aromatic ring is 1. The van der Waals surface area contributed by atoms with Crippen LogP contribution in [0.3, 0.4) is 0 Å². The molecule has 2 rings (SSSR count). The van der Waals surface area contributed by atoms with Gasteiger partial charge < -0.3 is 9.84 Å². The average molecular weight is 310 g/mol. The van der Waals surface area contributed by atoms with Crippen molar-refractivity contribution >= 4 is 15.7 Å². The van der Waals surface area contributed by atoms with Crippen LogP contribution < -0.4 is 16.0 Å². The fourth-order valence-electron chi connectivity index (χ4n) is 2.17. The zero-order valence-electron chi connectivity index (χ0n) is 12.1. The summed E-state index contributed by atoms with van der Waals surface area (Å²) in [4.78, 5) is 4.21. The van der Waals surface area contributed by atoms with Crippen LogP contribution in [0.2, 0.25) is 0 Å². The highest BCUT2D eigenvalue weighted by Crippen LogP contribution is 2.24. The second kappa shape index (κ2) is 5.84. The van der Waals surface area contributed by atoms with Crippen molar-refractivity contribution in [3.05, 3.63) is 41.1 Å². The first kappa shape index (κ1) is 15.5. The molecule has 1 heterocycles. The number of benzene rings is 1. The first-order chi connectivity index (χ1) is 9.83. The molecular formula is C13H18N4O3S. The second-order valence-corrected chi connectivity index (χ2v) is 6.48. The van der Waals surface area contributed by atoms with Crippen molar-refractivity contribution in [3.8, 4) is 0 Å². The van der Waals surface area contributed by atoms with Gasteiger partial charge in [-0.15, -0.1) is 0 Å². The van der Waals surface area contributed by atoms with E-state index in [2.05, 4.69) is 15.1 Å². The van der Waals surface area contributed by atoms with Crippen LogP contribution in [-0.4, -0.2) is 13.4 Å². The highest BCUT2D eigenvalue weighted by molar-refractivity contribution is 7.89. The molecule has 21 heavy (non-hydrogen) atoms. The fraction of sp³-hybridized carbons (Fsp3) is 0.308. The molecule has 0 amide bonds. The summed E-state index contributed by atoms with van der Waals surface area (Å²) in [5.74, 6) is 6.31. The Labute approximate surface area is 123 Å². The normalized spacial score (nSPS) is 11.6. The summed E-state index contributed by atoms with van der Waals surface area (Å²) in [5.41, 5.74) is 4.39. The predicted octanol–water partition coefficient (Wildman–Crippen LogP) is 1.36. The molecular weight excluding hydrogens is 292 g/mol. The van der Waals surface area contributed by atoms with Gasteiger partial charge in [-0.3, -0.25) is 5.84 Å². The highest BCUT2D eigenvalue weighted by atomic mass is 32.2. The van der Waals surface area contributed by atoms with Gasteiger partial charge >= 0.3 is 0 Å². The molecule has 0 saturated heterocycles. The Bertz CT molecular complexity index is 730. The molecule has 7 nitrogen and oxygen atoms in total. The lowest BCUT2D eigenvalue weighted by atomic mass is 10.1. The van der Waals surface area contributed by atoms with E-state index in [9.17, 15) is 8.42 Å². The third-order valence-electron chi connectivity index (χ3n) is 2.98. The van der Waals surface area contributed by atoms with Gasteiger partial charge in [0.2, 0.25) is 15.9 Å². The minimum atomic E-state index is -3.65. The molecule has 0 radical (unpaired) electrons. The van der Waals surface area contributed by atoms with Gasteiger partial charge in [0.1, 0.15) is 5.76 Å². The Morgan fingerprint density at radius 3 is 2.33 bits per heavy atom. The van der Waals surface area contributed by atoms with E-state index in [1.165, 1.54) is 0 Å². The van der Waals surface area contributed by atoms with Crippen LogP contribution in [0.1, 0.15) is 22.8 Å². The summed E-state index contributed by atoms with van der Waals surface area (Å²) in [6, 6.07) is 3.35. The Hall–Kier alpha value is -1.90. The van der Waals surface area contributed by atoms with Crippen molar-refractivity contribution in [1.82, 2.24) is 9.71 Å². The quantitative estimate of drug-likeness (QED) is 0.568. The molecule has 0 aliphatic carbocycles. The fourth-order valence-corrected chi connectivity index (χ4v) is 3.59. The summed E-state index contributed by atoms with van der Waals surface area (Å²) in [6.07, 6.45) is 1.54. The number of anilines is 1. The molecule has 4 N–H and O–H groups in total. The number of nitrogens with two attached hydrogens (primary N) is 1. The molecule has 114 valence electrons. The summed E-state index contributed by atoms with van der Waals surface area (Å²) in [7, 11) is -3.65. The van der Waals surface area contributed by atoms with E-state index in [1.807, 2.05) is 0 Å². The predicted molar refractivity (Wildman–Crippen MR) is 79.0 cm³/mol. The average Bonchev–Trinajstić information content (AvgIpc) is 2.81. The first-order valence-electron chi connectivity index (χ1n) is 6.32. The van der Waals surface area contributed by atoms with Crippen LogP contribution in [0.5, 0.6) is 0 Å². The van der Waals surface area contributed by atoms with Crippen molar-refractivity contribution in [3.63, 3.8) is 0 Å². The zero-order valence-corrected chi connectivity index (χ0v) is 12.9. The van der Waals surface area contributed by atoms with E-state index in [1.54, 1.807) is 39.1 Å². The lowest BCUT2D eigenvalue weighted by Gasteiger charge is -2.13. The Morgan fingerprint density at radius 2 is 1.86 bits per heavy atom. The SMILES string of the molecule is Cc1cnc(CNS(=O)(=O)c2c(C)cc(NN)cc2C)o1. The van der Waals surface area contributed by atoms with Gasteiger partial charge in [-0.05, 0) is 44.0 Å². The topological polar surface area (TPSA) is 110 Å². The molecule has 1 aromatic carbocycles. The maximum Gasteiger partial charge on any atom is 0.241 e. The molecule has 0 fully saturated rings. The molecule has 0 spiro atoms. The van der Waals surface area contributed by atoms with E-state index < -0.39 is 10.0 Å². The van der Waals surface area contributed by atoms with E-state index in [0.29, 0.717) is 28.5 Å². The highest BCUT2D eigenvalue weighted by Gasteiger charge is 2.20. The Kier molecular flexibility index (Phi) is 4.31. The second-order valence-electron chi connectivity index (χ2n) is 4.77. The lowest BCUT2D eigenvalue weighted by molar-refractivity contribution is 0.463. The van der Waals surface area contributed by atoms with E-state index >= 15 is 0 Å². The number of nitrogens with zero attached hydrogens (tertiary/aromatic N) is 1. The van der Waals surface area contributed by atoms with Crippen molar-refractivity contribution in [1.29, 1.82) is 0 Å². The number of hydrogen-bond donors (Lipinski definition) is 3. The molecule has 0 bridgehead atoms. The van der Waals surface area contributed by atoms with Crippen molar-refractivity contribution in [2.24, 2.45) is 5.84 Å². The summed E-state index contributed by atoms with van der Waals surface area (Å²) in [6.45, 7) is 5.19. The summed E-state index contributed by atoms with van der Waals surface area (Å²) in [5, 5.41) is 0. The number of oxazole rings is 1. The van der Waals surface area contributed by atoms with Gasteiger partial charge in [-0.2, -0.15) is 0 Å². The van der Waals surface area contributed by atoms with Gasteiger partial charge in [0.25, 0.3) is 0 Å². The molecule has 0 aliphatic rings. The number of aryl methyl sites for hydroxylation is 3. The summed E-state index contributed by atoms with van der Waals surface area (Å²) < 4.78 is 32.6. The molecule has 1 aromatic heterocycles. The van der Waals surface area contributed by atoms with Crippen LogP contribution in [0, 0.1) is 20.8 Å². The molecule has 0 aliphatic heterocycles. The minimum absolute atomic E-state index is 0.00590. The minimum Gasteiger partial charge on any atom is -0.445 e. The van der Waals surface area contributed by atoms with Crippen molar-refractivity contribution < 1.29 is 12.8 Å². The maximum absolute atomic E-state index is 12.4. The van der Waals surface area contributed by atoms with Crippen molar-refractivity contribution in [2.45, 2.75) is 32.2 Å². The number of aromatic nitrogens is 1. The van der Waals surface area contributed by atoms with Crippen LogP contribution in [-0.2, 0) is 16.6 Å². The molecule has 8 heteroatoms. The standard InChI is InChI=1S/C13H18N4O3S/c1-8-4-11(17-14)5-9(2)13(8)21(18,19)16-7-12-15-6-10(3)20-12/h4-6,16-17H,7,14H2,1-3H3. The van der Waals surface area contributed by atoms with E-state index in [0.717, 1.165) is 0 Å². The number of rotatable bonds is 5. The van der Waals surface area contributed by atoms with Gasteiger partial charge in [-0.25, -0.2) is 18.1 Å². The monoisotopic (exact) mass is 310 g/mol. The molecule has 0 saturated carbocycles. The van der Waals surface area contributed by atoms with Gasteiger partial charge in [0, 0.05) is 5.69 Å². The van der Waals surface area contributed by atoms with Crippen LogP contribution in [0.15, 0.2) is 27.6 Å². The maximum atomic E-state index is 12.4. The van der Waals surface area contributed by atoms with E-state index in [-0.39, 0.29) is 11.4 Å². The van der Waals surface area contributed by atoms with Gasteiger partial charge in [0.05, 0.1) is 17.6 Å². The van der Waals surface area contributed by atoms with Gasteiger partial charge in [0.15, 0.2) is 0 Å². The Balaban J connectivity index is 2.27.